The first-order valence-corrected chi connectivity index (χ1v) is 9.78. The van der Waals surface area contributed by atoms with Crippen molar-refractivity contribution in [3.8, 4) is 5.69 Å². The van der Waals surface area contributed by atoms with Gasteiger partial charge in [-0.15, -0.1) is 24.0 Å². The van der Waals surface area contributed by atoms with Gasteiger partial charge in [0.15, 0.2) is 5.96 Å². The molecule has 0 fully saturated rings. The maximum Gasteiger partial charge on any atom is 0.191 e. The van der Waals surface area contributed by atoms with Gasteiger partial charge in [-0.25, -0.2) is 9.37 Å². The second kappa shape index (κ2) is 10.6. The monoisotopic (exact) mass is 513 g/mol. The number of imidazole rings is 1. The number of benzene rings is 1. The molecule has 1 unspecified atom stereocenters. The summed E-state index contributed by atoms with van der Waals surface area (Å²) in [5.41, 5.74) is 2.67. The van der Waals surface area contributed by atoms with E-state index >= 15 is 0 Å². The highest BCUT2D eigenvalue weighted by Crippen LogP contribution is 2.18. The van der Waals surface area contributed by atoms with Gasteiger partial charge in [0.05, 0.1) is 5.69 Å². The summed E-state index contributed by atoms with van der Waals surface area (Å²) in [6, 6.07) is 7.37. The van der Waals surface area contributed by atoms with Crippen LogP contribution in [0.3, 0.4) is 0 Å². The maximum atomic E-state index is 14.5. The van der Waals surface area contributed by atoms with Crippen molar-refractivity contribution in [2.75, 3.05) is 13.6 Å². The number of hydrogen-bond acceptors (Lipinski definition) is 3. The summed E-state index contributed by atoms with van der Waals surface area (Å²) in [7, 11) is 1.73. The van der Waals surface area contributed by atoms with Gasteiger partial charge in [0.25, 0.3) is 0 Å². The van der Waals surface area contributed by atoms with Gasteiger partial charge < -0.3 is 15.2 Å². The van der Waals surface area contributed by atoms with E-state index in [1.807, 2.05) is 13.0 Å². The first-order chi connectivity index (χ1) is 13.1. The van der Waals surface area contributed by atoms with E-state index in [2.05, 4.69) is 44.4 Å². The van der Waals surface area contributed by atoms with E-state index in [4.69, 9.17) is 0 Å². The van der Waals surface area contributed by atoms with E-state index < -0.39 is 0 Å². The van der Waals surface area contributed by atoms with Gasteiger partial charge in [-0.1, -0.05) is 13.0 Å². The first kappa shape index (κ1) is 22.4. The average molecular weight is 513 g/mol. The number of rotatable bonds is 6. The Morgan fingerprint density at radius 2 is 2.14 bits per heavy atom. The fourth-order valence-electron chi connectivity index (χ4n) is 2.82. The van der Waals surface area contributed by atoms with Crippen molar-refractivity contribution in [3.05, 3.63) is 70.2 Å². The maximum absolute atomic E-state index is 14.5. The Bertz CT molecular complexity index is 907. The largest absolute Gasteiger partial charge is 0.356 e. The third kappa shape index (κ3) is 5.54. The first-order valence-electron chi connectivity index (χ1n) is 8.84. The molecule has 0 bridgehead atoms. The van der Waals surface area contributed by atoms with E-state index in [0.717, 1.165) is 17.9 Å². The van der Waals surface area contributed by atoms with Crippen LogP contribution in [0.1, 0.15) is 29.8 Å². The summed E-state index contributed by atoms with van der Waals surface area (Å²) in [5, 5.41) is 10.8. The molecule has 5 nitrogen and oxygen atoms in total. The van der Waals surface area contributed by atoms with Gasteiger partial charge in [0, 0.05) is 32.5 Å². The summed E-state index contributed by atoms with van der Waals surface area (Å²) in [4.78, 5) is 8.38. The van der Waals surface area contributed by atoms with Gasteiger partial charge in [-0.05, 0) is 52.9 Å². The highest BCUT2D eigenvalue weighted by molar-refractivity contribution is 14.0. The number of halogens is 2. The van der Waals surface area contributed by atoms with Gasteiger partial charge in [0.2, 0.25) is 0 Å². The van der Waals surface area contributed by atoms with Gasteiger partial charge in [-0.2, -0.15) is 11.3 Å². The van der Waals surface area contributed by atoms with Crippen LogP contribution in [0.5, 0.6) is 0 Å². The molecule has 0 spiro atoms. The SMILES string of the molecule is CN=C(NCc1ccc(-n2ccnc2C)c(F)c1)NCC(C)c1ccsc1.I. The van der Waals surface area contributed by atoms with Crippen molar-refractivity contribution in [2.45, 2.75) is 26.3 Å². The molecule has 1 aromatic carbocycles. The third-order valence-electron chi connectivity index (χ3n) is 4.47. The standard InChI is InChI=1S/C20H24FN5S.HI/c1-14(17-6-9-27-13-17)11-24-20(22-3)25-12-16-4-5-19(18(21)10-16)26-8-7-23-15(26)2;/h4-10,13-14H,11-12H2,1-3H3,(H2,22,24,25);1H. The van der Waals surface area contributed by atoms with Crippen molar-refractivity contribution in [1.82, 2.24) is 20.2 Å². The van der Waals surface area contributed by atoms with E-state index in [1.165, 1.54) is 5.56 Å². The summed E-state index contributed by atoms with van der Waals surface area (Å²) >= 11 is 1.70. The van der Waals surface area contributed by atoms with E-state index in [1.54, 1.807) is 47.5 Å². The molecule has 150 valence electrons. The smallest absolute Gasteiger partial charge is 0.191 e. The number of guanidine groups is 1. The fraction of sp³-hybridized carbons (Fsp3) is 0.300. The summed E-state index contributed by atoms with van der Waals surface area (Å²) in [6.07, 6.45) is 3.42. The lowest BCUT2D eigenvalue weighted by molar-refractivity contribution is 0.613. The zero-order chi connectivity index (χ0) is 19.2. The molecule has 0 aliphatic carbocycles. The van der Waals surface area contributed by atoms with E-state index in [9.17, 15) is 4.39 Å². The molecule has 0 saturated carbocycles. The molecular weight excluding hydrogens is 488 g/mol. The number of nitrogens with one attached hydrogen (secondary N) is 2. The minimum atomic E-state index is -0.274. The van der Waals surface area contributed by atoms with Crippen molar-refractivity contribution >= 4 is 41.3 Å². The van der Waals surface area contributed by atoms with Crippen LogP contribution in [-0.4, -0.2) is 29.1 Å². The number of thiophene rings is 1. The van der Waals surface area contributed by atoms with Crippen molar-refractivity contribution in [3.63, 3.8) is 0 Å². The topological polar surface area (TPSA) is 54.2 Å². The molecule has 0 aliphatic rings. The van der Waals surface area contributed by atoms with Crippen molar-refractivity contribution in [2.24, 2.45) is 4.99 Å². The van der Waals surface area contributed by atoms with Crippen molar-refractivity contribution < 1.29 is 4.39 Å². The van der Waals surface area contributed by atoms with Gasteiger partial charge >= 0.3 is 0 Å². The highest BCUT2D eigenvalue weighted by Gasteiger charge is 2.09. The Labute approximate surface area is 186 Å². The summed E-state index contributed by atoms with van der Waals surface area (Å²) in [6.45, 7) is 5.30. The minimum absolute atomic E-state index is 0. The van der Waals surface area contributed by atoms with E-state index in [0.29, 0.717) is 24.1 Å². The predicted octanol–water partition coefficient (Wildman–Crippen LogP) is 4.47. The lowest BCUT2D eigenvalue weighted by Gasteiger charge is -2.16. The Hall–Kier alpha value is -1.94. The molecule has 2 heterocycles. The number of aryl methyl sites for hydroxylation is 1. The number of hydrogen-bond donors (Lipinski definition) is 2. The molecule has 8 heteroatoms. The normalized spacial score (nSPS) is 12.4. The summed E-state index contributed by atoms with van der Waals surface area (Å²) < 4.78 is 16.2. The number of aromatic nitrogens is 2. The van der Waals surface area contributed by atoms with E-state index in [-0.39, 0.29) is 29.8 Å². The van der Waals surface area contributed by atoms with Crippen LogP contribution >= 0.6 is 35.3 Å². The Kier molecular flexibility index (Phi) is 8.43. The molecule has 28 heavy (non-hydrogen) atoms. The molecule has 2 aromatic heterocycles. The van der Waals surface area contributed by atoms with Crippen molar-refractivity contribution in [1.29, 1.82) is 0 Å². The van der Waals surface area contributed by atoms with Gasteiger partial charge in [0.1, 0.15) is 11.6 Å². The Morgan fingerprint density at radius 3 is 2.75 bits per heavy atom. The van der Waals surface area contributed by atoms with Crippen LogP contribution < -0.4 is 10.6 Å². The van der Waals surface area contributed by atoms with Crippen LogP contribution in [0.15, 0.2) is 52.4 Å². The number of aliphatic imine (C=N–C) groups is 1. The zero-order valence-electron chi connectivity index (χ0n) is 16.1. The molecule has 1 atom stereocenters. The second-order valence-corrected chi connectivity index (χ2v) is 7.17. The molecule has 2 N–H and O–H groups in total. The Balaban J connectivity index is 0.00000280. The highest BCUT2D eigenvalue weighted by atomic mass is 127. The lowest BCUT2D eigenvalue weighted by Crippen LogP contribution is -2.38. The molecule has 0 saturated heterocycles. The average Bonchev–Trinajstić information content (AvgIpc) is 3.34. The molecule has 0 radical (unpaired) electrons. The quantitative estimate of drug-likeness (QED) is 0.291. The van der Waals surface area contributed by atoms with Crippen LogP contribution in [0.25, 0.3) is 5.69 Å². The lowest BCUT2D eigenvalue weighted by atomic mass is 10.1. The molecule has 0 aliphatic heterocycles. The molecule has 0 amide bonds. The molecule has 3 rings (SSSR count). The third-order valence-corrected chi connectivity index (χ3v) is 5.17. The molecule has 3 aromatic rings. The van der Waals surface area contributed by atoms with Crippen LogP contribution in [0.2, 0.25) is 0 Å². The molecular formula is C20H25FIN5S. The Morgan fingerprint density at radius 1 is 1.32 bits per heavy atom. The predicted molar refractivity (Wildman–Crippen MR) is 125 cm³/mol. The summed E-state index contributed by atoms with van der Waals surface area (Å²) in [5.74, 6) is 1.57. The second-order valence-electron chi connectivity index (χ2n) is 6.39. The van der Waals surface area contributed by atoms with Crippen LogP contribution in [0.4, 0.5) is 4.39 Å². The van der Waals surface area contributed by atoms with Crippen LogP contribution in [-0.2, 0) is 6.54 Å². The van der Waals surface area contributed by atoms with Crippen LogP contribution in [0, 0.1) is 12.7 Å². The van der Waals surface area contributed by atoms with Gasteiger partial charge in [-0.3, -0.25) is 4.99 Å². The minimum Gasteiger partial charge on any atom is -0.356 e. The fourth-order valence-corrected chi connectivity index (χ4v) is 3.60. The number of nitrogens with zero attached hydrogens (tertiary/aromatic N) is 3. The zero-order valence-corrected chi connectivity index (χ0v) is 19.3.